The maximum absolute atomic E-state index is 12.6. The number of sulfone groups is 1. The lowest BCUT2D eigenvalue weighted by Crippen LogP contribution is -2.38. The monoisotopic (exact) mass is 364 g/mol. The van der Waals surface area contributed by atoms with Crippen LogP contribution in [0, 0.1) is 18.3 Å². The van der Waals surface area contributed by atoms with Crippen molar-refractivity contribution in [3.8, 4) is 0 Å². The topological polar surface area (TPSA) is 91.8 Å². The van der Waals surface area contributed by atoms with Crippen LogP contribution in [-0.2, 0) is 21.1 Å². The summed E-state index contributed by atoms with van der Waals surface area (Å²) in [6.07, 6.45) is 1.73. The van der Waals surface area contributed by atoms with Crippen LogP contribution in [0.25, 0.3) is 0 Å². The molecule has 7 heteroatoms. The van der Waals surface area contributed by atoms with Gasteiger partial charge in [-0.25, -0.2) is 8.42 Å². The highest BCUT2D eigenvalue weighted by atomic mass is 32.2. The molecule has 25 heavy (non-hydrogen) atoms. The first-order chi connectivity index (χ1) is 11.8. The third-order valence-corrected chi connectivity index (χ3v) is 6.75. The summed E-state index contributed by atoms with van der Waals surface area (Å²) >= 11 is 0. The molecule has 135 valence electrons. The Hall–Kier alpha value is -1.73. The van der Waals surface area contributed by atoms with Crippen LogP contribution in [0.15, 0.2) is 24.3 Å². The molecule has 1 heterocycles. The molecular formula is C18H22NO5S. The predicted molar refractivity (Wildman–Crippen MR) is 92.7 cm³/mol. The largest absolute Gasteiger partial charge is 0.392 e. The van der Waals surface area contributed by atoms with Crippen LogP contribution in [0.4, 0.5) is 0 Å². The summed E-state index contributed by atoms with van der Waals surface area (Å²) in [5.41, 5.74) is 1.77. The highest BCUT2D eigenvalue weighted by molar-refractivity contribution is 7.91. The second-order valence-corrected chi connectivity index (χ2v) is 9.10. The minimum Gasteiger partial charge on any atom is -0.392 e. The van der Waals surface area contributed by atoms with Crippen LogP contribution in [0.5, 0.6) is 0 Å². The van der Waals surface area contributed by atoms with Crippen LogP contribution >= 0.6 is 0 Å². The van der Waals surface area contributed by atoms with Gasteiger partial charge in [0.1, 0.15) is 0 Å². The number of fused-ring (bicyclic) bond motifs is 1. The number of ketones is 1. The van der Waals surface area contributed by atoms with E-state index in [0.717, 1.165) is 17.5 Å². The molecule has 1 aliphatic carbocycles. The lowest BCUT2D eigenvalue weighted by Gasteiger charge is -2.28. The van der Waals surface area contributed by atoms with E-state index in [2.05, 4.69) is 0 Å². The number of aliphatic hydroxyl groups is 1. The SMILES string of the molecule is CN(CC1CCc2ccccc2C1=O)C(=O)[CH]C1CS(=O)(=O)CC1O. The Labute approximate surface area is 147 Å². The normalized spacial score (nSPS) is 27.8. The van der Waals surface area contributed by atoms with Gasteiger partial charge in [-0.15, -0.1) is 0 Å². The van der Waals surface area contributed by atoms with Crippen LogP contribution in [-0.4, -0.2) is 61.3 Å². The van der Waals surface area contributed by atoms with Crippen molar-refractivity contribution in [1.29, 1.82) is 0 Å². The van der Waals surface area contributed by atoms with Gasteiger partial charge in [0.05, 0.1) is 24.0 Å². The first-order valence-corrected chi connectivity index (χ1v) is 10.2. The van der Waals surface area contributed by atoms with Crippen LogP contribution < -0.4 is 0 Å². The van der Waals surface area contributed by atoms with E-state index >= 15 is 0 Å². The fourth-order valence-corrected chi connectivity index (χ4v) is 5.39. The minimum atomic E-state index is -3.29. The number of Topliss-reactive ketones (excluding diaryl/α,β-unsaturated/α-hetero) is 1. The molecule has 1 fully saturated rings. The zero-order chi connectivity index (χ0) is 18.2. The Kier molecular flexibility index (Phi) is 4.97. The molecule has 3 atom stereocenters. The Bertz CT molecular complexity index is 788. The second-order valence-electron chi connectivity index (χ2n) is 6.95. The van der Waals surface area contributed by atoms with Crippen molar-refractivity contribution in [2.24, 2.45) is 11.8 Å². The Balaban J connectivity index is 1.60. The molecule has 1 aromatic rings. The summed E-state index contributed by atoms with van der Waals surface area (Å²) in [7, 11) is -1.69. The number of carbonyl (C=O) groups excluding carboxylic acids is 2. The standard InChI is InChI=1S/C18H22NO5S/c1-19(17(21)8-14-10-25(23,24)11-16(14)20)9-13-7-6-12-4-2-3-5-15(12)18(13)22/h2-5,8,13-14,16,20H,6-7,9-11H2,1H3. The number of carbonyl (C=O) groups is 2. The van der Waals surface area contributed by atoms with E-state index in [4.69, 9.17) is 0 Å². The number of hydrogen-bond acceptors (Lipinski definition) is 5. The van der Waals surface area contributed by atoms with Gasteiger partial charge in [-0.1, -0.05) is 24.3 Å². The van der Waals surface area contributed by atoms with E-state index < -0.39 is 21.9 Å². The average Bonchev–Trinajstić information content (AvgIpc) is 2.82. The summed E-state index contributed by atoms with van der Waals surface area (Å²) in [5, 5.41) is 9.79. The summed E-state index contributed by atoms with van der Waals surface area (Å²) in [4.78, 5) is 26.4. The van der Waals surface area contributed by atoms with Gasteiger partial charge in [0.15, 0.2) is 15.6 Å². The molecule has 0 aromatic heterocycles. The van der Waals surface area contributed by atoms with Crippen molar-refractivity contribution >= 4 is 21.5 Å². The number of rotatable bonds is 4. The molecule has 0 saturated carbocycles. The fourth-order valence-electron chi connectivity index (χ4n) is 3.58. The molecule has 0 bridgehead atoms. The number of amides is 1. The first-order valence-electron chi connectivity index (χ1n) is 8.37. The summed E-state index contributed by atoms with van der Waals surface area (Å²) in [6.45, 7) is 0.290. The molecule has 3 unspecified atom stereocenters. The van der Waals surface area contributed by atoms with Crippen LogP contribution in [0.1, 0.15) is 22.3 Å². The fraction of sp³-hybridized carbons (Fsp3) is 0.500. The molecule has 1 amide bonds. The number of aliphatic hydroxyl groups excluding tert-OH is 1. The highest BCUT2D eigenvalue weighted by Crippen LogP contribution is 2.27. The second kappa shape index (κ2) is 6.88. The van der Waals surface area contributed by atoms with Crippen LogP contribution in [0.3, 0.4) is 0 Å². The lowest BCUT2D eigenvalue weighted by molar-refractivity contribution is -0.127. The van der Waals surface area contributed by atoms with Gasteiger partial charge in [0, 0.05) is 31.0 Å². The smallest absolute Gasteiger partial charge is 0.226 e. The molecular weight excluding hydrogens is 342 g/mol. The van der Waals surface area contributed by atoms with Gasteiger partial charge >= 0.3 is 0 Å². The number of benzene rings is 1. The van der Waals surface area contributed by atoms with E-state index in [1.165, 1.54) is 11.3 Å². The van der Waals surface area contributed by atoms with Gasteiger partial charge in [0.2, 0.25) is 5.91 Å². The molecule has 1 saturated heterocycles. The van der Waals surface area contributed by atoms with Crippen LogP contribution in [0.2, 0.25) is 0 Å². The quantitative estimate of drug-likeness (QED) is 0.840. The molecule has 1 aliphatic heterocycles. The molecule has 3 rings (SSSR count). The highest BCUT2D eigenvalue weighted by Gasteiger charge is 2.38. The lowest BCUT2D eigenvalue weighted by atomic mass is 9.82. The van der Waals surface area contributed by atoms with E-state index in [9.17, 15) is 23.1 Å². The predicted octanol–water partition coefficient (Wildman–Crippen LogP) is 0.500. The maximum Gasteiger partial charge on any atom is 0.226 e. The number of aryl methyl sites for hydroxylation is 1. The van der Waals surface area contributed by atoms with E-state index in [0.29, 0.717) is 6.42 Å². The Morgan fingerprint density at radius 3 is 2.72 bits per heavy atom. The van der Waals surface area contributed by atoms with Crippen molar-refractivity contribution in [2.45, 2.75) is 18.9 Å². The third-order valence-electron chi connectivity index (χ3n) is 5.01. The van der Waals surface area contributed by atoms with Crippen molar-refractivity contribution < 1.29 is 23.1 Å². The van der Waals surface area contributed by atoms with Crippen molar-refractivity contribution in [3.05, 3.63) is 41.8 Å². The van der Waals surface area contributed by atoms with E-state index in [-0.39, 0.29) is 35.7 Å². The zero-order valence-corrected chi connectivity index (χ0v) is 14.9. The molecule has 1 aromatic carbocycles. The van der Waals surface area contributed by atoms with Gasteiger partial charge in [-0.3, -0.25) is 9.59 Å². The minimum absolute atomic E-state index is 0.0463. The number of nitrogens with zero attached hydrogens (tertiary/aromatic N) is 1. The van der Waals surface area contributed by atoms with Gasteiger partial charge in [-0.05, 0) is 18.4 Å². The average molecular weight is 364 g/mol. The van der Waals surface area contributed by atoms with Crippen molar-refractivity contribution in [1.82, 2.24) is 4.90 Å². The zero-order valence-electron chi connectivity index (χ0n) is 14.1. The molecule has 0 spiro atoms. The molecule has 2 aliphatic rings. The Morgan fingerprint density at radius 1 is 1.32 bits per heavy atom. The maximum atomic E-state index is 12.6. The van der Waals surface area contributed by atoms with Gasteiger partial charge in [0.25, 0.3) is 0 Å². The summed E-state index contributed by atoms with van der Waals surface area (Å²) < 4.78 is 23.1. The molecule has 1 N–H and O–H groups in total. The summed E-state index contributed by atoms with van der Waals surface area (Å²) in [6, 6.07) is 7.52. The molecule has 1 radical (unpaired) electrons. The first kappa shape index (κ1) is 18.1. The van der Waals surface area contributed by atoms with E-state index in [1.807, 2.05) is 24.3 Å². The summed E-state index contributed by atoms with van der Waals surface area (Å²) in [5.74, 6) is -1.75. The number of hydrogen-bond donors (Lipinski definition) is 1. The third kappa shape index (κ3) is 3.93. The van der Waals surface area contributed by atoms with Crippen molar-refractivity contribution in [3.63, 3.8) is 0 Å². The Morgan fingerprint density at radius 2 is 2.04 bits per heavy atom. The molecule has 6 nitrogen and oxygen atoms in total. The van der Waals surface area contributed by atoms with Crippen molar-refractivity contribution in [2.75, 3.05) is 25.1 Å². The van der Waals surface area contributed by atoms with Gasteiger partial charge in [-0.2, -0.15) is 0 Å². The van der Waals surface area contributed by atoms with Gasteiger partial charge < -0.3 is 10.0 Å². The van der Waals surface area contributed by atoms with E-state index in [1.54, 1.807) is 7.05 Å².